The molecular weight excluding hydrogens is 661 g/mol. The predicted octanol–water partition coefficient (Wildman–Crippen LogP) is 13.4. The van der Waals surface area contributed by atoms with Crippen molar-refractivity contribution in [2.24, 2.45) is 0 Å². The van der Waals surface area contributed by atoms with Crippen LogP contribution in [-0.2, 0) is 6.42 Å². The standard InChI is InChI=1S/C55H36/c1-31-28-45-44-30-47-46(29-43(44)41-27-26-40-39-24-12-18-32-19-13-25-42(49(32)39)48(31)53(40)52(41)45)50(33-14-4-2-5-15-33)54-37-22-10-8-20-35(37)36-21-9-11-23-38(36)55(54)51(47)34-16-6-3-7-17-34/h2-12,14-24,26-27,29-31H,13,25,28H2,1H3. The molecule has 10 aromatic rings. The van der Waals surface area contributed by atoms with Gasteiger partial charge in [-0.15, -0.1) is 0 Å². The Morgan fingerprint density at radius 3 is 1.64 bits per heavy atom. The van der Waals surface area contributed by atoms with Gasteiger partial charge in [0.1, 0.15) is 0 Å². The molecule has 0 heterocycles. The van der Waals surface area contributed by atoms with E-state index in [2.05, 4.69) is 165 Å². The number of benzene rings is 10. The minimum absolute atomic E-state index is 0.452. The van der Waals surface area contributed by atoms with E-state index < -0.39 is 0 Å². The maximum absolute atomic E-state index is 2.61. The molecule has 0 saturated carbocycles. The van der Waals surface area contributed by atoms with Gasteiger partial charge in [-0.05, 0) is 168 Å². The fourth-order valence-electron chi connectivity index (χ4n) is 11.4. The van der Waals surface area contributed by atoms with Crippen LogP contribution in [0.5, 0.6) is 0 Å². The lowest BCUT2D eigenvalue weighted by atomic mass is 9.76. The smallest absolute Gasteiger partial charge is 0.000763 e. The summed E-state index contributed by atoms with van der Waals surface area (Å²) in [4.78, 5) is 0. The van der Waals surface area contributed by atoms with Crippen LogP contribution < -0.4 is 10.4 Å². The molecule has 0 nitrogen and oxygen atoms in total. The summed E-state index contributed by atoms with van der Waals surface area (Å²) in [6.07, 6.45) is 5.78. The van der Waals surface area contributed by atoms with Gasteiger partial charge in [-0.1, -0.05) is 153 Å². The van der Waals surface area contributed by atoms with E-state index in [1.165, 1.54) is 120 Å². The molecule has 1 atom stereocenters. The molecule has 3 aliphatic carbocycles. The van der Waals surface area contributed by atoms with Crippen LogP contribution in [0.4, 0.5) is 0 Å². The zero-order chi connectivity index (χ0) is 35.9. The zero-order valence-corrected chi connectivity index (χ0v) is 30.7. The molecule has 1 unspecified atom stereocenters. The first-order valence-electron chi connectivity index (χ1n) is 20.0. The molecule has 0 spiro atoms. The Labute approximate surface area is 319 Å². The van der Waals surface area contributed by atoms with Crippen molar-refractivity contribution in [2.75, 3.05) is 0 Å². The predicted molar refractivity (Wildman–Crippen MR) is 235 cm³/mol. The summed E-state index contributed by atoms with van der Waals surface area (Å²) in [7, 11) is 0. The van der Waals surface area contributed by atoms with Gasteiger partial charge in [0.05, 0.1) is 0 Å². The SMILES string of the molecule is CC1CC2=c3c(ccc4c3c1c1c3c(cccc34)=CCC1)-c1cc3c(-c4ccccc4)c4c5ccccc5c5ccccc5c4c(-c4ccccc4)c3cc12. The van der Waals surface area contributed by atoms with Crippen molar-refractivity contribution in [3.8, 4) is 33.4 Å². The van der Waals surface area contributed by atoms with Gasteiger partial charge in [0.15, 0.2) is 0 Å². The summed E-state index contributed by atoms with van der Waals surface area (Å²) >= 11 is 0. The van der Waals surface area contributed by atoms with E-state index in [0.29, 0.717) is 5.92 Å². The van der Waals surface area contributed by atoms with Crippen molar-refractivity contribution in [2.45, 2.75) is 32.1 Å². The third-order valence-corrected chi connectivity index (χ3v) is 13.4. The van der Waals surface area contributed by atoms with E-state index >= 15 is 0 Å². The van der Waals surface area contributed by atoms with Gasteiger partial charge in [0, 0.05) is 0 Å². The van der Waals surface area contributed by atoms with Crippen LogP contribution in [0.15, 0.2) is 152 Å². The van der Waals surface area contributed by atoms with Crippen molar-refractivity contribution in [3.63, 3.8) is 0 Å². The Bertz CT molecular complexity index is 3500. The number of hydrogen-bond donors (Lipinski definition) is 0. The molecular formula is C55H36. The molecule has 13 rings (SSSR count). The highest BCUT2D eigenvalue weighted by Crippen LogP contribution is 2.53. The highest BCUT2D eigenvalue weighted by molar-refractivity contribution is 6.37. The number of aryl methyl sites for hydroxylation is 1. The maximum atomic E-state index is 2.61. The third-order valence-electron chi connectivity index (χ3n) is 13.4. The van der Waals surface area contributed by atoms with Gasteiger partial charge in [-0.2, -0.15) is 0 Å². The molecule has 0 heteroatoms. The quantitative estimate of drug-likeness (QED) is 0.125. The zero-order valence-electron chi connectivity index (χ0n) is 30.7. The fourth-order valence-corrected chi connectivity index (χ4v) is 11.4. The first kappa shape index (κ1) is 29.9. The number of rotatable bonds is 2. The Kier molecular flexibility index (Phi) is 5.87. The highest BCUT2D eigenvalue weighted by atomic mass is 14.4. The molecule has 0 aromatic heterocycles. The van der Waals surface area contributed by atoms with Gasteiger partial charge in [-0.3, -0.25) is 0 Å². The van der Waals surface area contributed by atoms with Gasteiger partial charge >= 0.3 is 0 Å². The Hall–Kier alpha value is -6.50. The first-order chi connectivity index (χ1) is 27.2. The van der Waals surface area contributed by atoms with Crippen LogP contribution >= 0.6 is 0 Å². The molecule has 0 N–H and O–H groups in total. The van der Waals surface area contributed by atoms with Crippen LogP contribution in [0.1, 0.15) is 42.4 Å². The number of hydrogen-bond acceptors (Lipinski definition) is 0. The Morgan fingerprint density at radius 1 is 0.436 bits per heavy atom. The summed E-state index contributed by atoms with van der Waals surface area (Å²) in [6.45, 7) is 2.49. The fraction of sp³-hybridized carbons (Fsp3) is 0.0909. The van der Waals surface area contributed by atoms with Gasteiger partial charge in [0.2, 0.25) is 0 Å². The molecule has 0 saturated heterocycles. The molecule has 0 bridgehead atoms. The molecule has 0 fully saturated rings. The third kappa shape index (κ3) is 3.82. The second kappa shape index (κ2) is 10.8. The van der Waals surface area contributed by atoms with Gasteiger partial charge < -0.3 is 0 Å². The van der Waals surface area contributed by atoms with E-state index in [4.69, 9.17) is 0 Å². The van der Waals surface area contributed by atoms with E-state index in [9.17, 15) is 0 Å². The average Bonchev–Trinajstić information content (AvgIpc) is 3.55. The van der Waals surface area contributed by atoms with Crippen LogP contribution in [0, 0.1) is 0 Å². The lowest BCUT2D eigenvalue weighted by molar-refractivity contribution is 0.775. The molecule has 0 aliphatic heterocycles. The van der Waals surface area contributed by atoms with E-state index in [1.807, 2.05) is 0 Å². The number of fused-ring (bicyclic) bond motifs is 12. The normalized spacial score (nSPS) is 15.4. The van der Waals surface area contributed by atoms with Crippen molar-refractivity contribution < 1.29 is 0 Å². The lowest BCUT2D eigenvalue weighted by Crippen LogP contribution is -2.21. The Balaban J connectivity index is 1.27. The topological polar surface area (TPSA) is 0 Å². The largest absolute Gasteiger partial charge is 0.0763 e. The summed E-state index contributed by atoms with van der Waals surface area (Å²) in [6, 6.07) is 57.6. The first-order valence-corrected chi connectivity index (χ1v) is 20.0. The monoisotopic (exact) mass is 696 g/mol. The van der Waals surface area contributed by atoms with Crippen LogP contribution in [0.2, 0.25) is 0 Å². The minimum atomic E-state index is 0.452. The summed E-state index contributed by atoms with van der Waals surface area (Å²) < 4.78 is 0. The van der Waals surface area contributed by atoms with Crippen LogP contribution in [0.25, 0.3) is 110 Å². The van der Waals surface area contributed by atoms with Crippen molar-refractivity contribution in [1.29, 1.82) is 0 Å². The second-order valence-electron chi connectivity index (χ2n) is 16.2. The van der Waals surface area contributed by atoms with E-state index in [0.717, 1.165) is 19.3 Å². The summed E-state index contributed by atoms with van der Waals surface area (Å²) in [5, 5.41) is 19.3. The average molecular weight is 697 g/mol. The van der Waals surface area contributed by atoms with Crippen LogP contribution in [0.3, 0.4) is 0 Å². The second-order valence-corrected chi connectivity index (χ2v) is 16.2. The van der Waals surface area contributed by atoms with Gasteiger partial charge in [-0.25, -0.2) is 0 Å². The summed E-state index contributed by atoms with van der Waals surface area (Å²) in [5.41, 5.74) is 14.1. The molecule has 10 aromatic carbocycles. The maximum Gasteiger partial charge on any atom is -0.000763 e. The van der Waals surface area contributed by atoms with Crippen molar-refractivity contribution in [1.82, 2.24) is 0 Å². The molecule has 256 valence electrons. The minimum Gasteiger partial charge on any atom is -0.0763 e. The summed E-state index contributed by atoms with van der Waals surface area (Å²) in [5.74, 6) is 0.452. The molecule has 0 amide bonds. The Morgan fingerprint density at radius 2 is 0.982 bits per heavy atom. The van der Waals surface area contributed by atoms with E-state index in [1.54, 1.807) is 11.1 Å². The van der Waals surface area contributed by atoms with Crippen LogP contribution in [-0.4, -0.2) is 0 Å². The van der Waals surface area contributed by atoms with Gasteiger partial charge in [0.25, 0.3) is 0 Å². The molecule has 3 aliphatic rings. The molecule has 55 heavy (non-hydrogen) atoms. The van der Waals surface area contributed by atoms with Crippen molar-refractivity contribution in [3.05, 3.63) is 179 Å². The highest BCUT2D eigenvalue weighted by Gasteiger charge is 2.33. The van der Waals surface area contributed by atoms with E-state index in [-0.39, 0.29) is 0 Å². The molecule has 0 radical (unpaired) electrons. The lowest BCUT2D eigenvalue weighted by Gasteiger charge is -2.28. The van der Waals surface area contributed by atoms with Crippen molar-refractivity contribution >= 4 is 76.3 Å².